The van der Waals surface area contributed by atoms with Crippen LogP contribution in [0, 0.1) is 0 Å². The minimum absolute atomic E-state index is 0.0856. The maximum atomic E-state index is 13.8. The fraction of sp³-hybridized carbons (Fsp3) is 0.423. The Labute approximate surface area is 198 Å². The van der Waals surface area contributed by atoms with Crippen molar-refractivity contribution in [1.82, 2.24) is 20.0 Å². The summed E-state index contributed by atoms with van der Waals surface area (Å²) in [4.78, 5) is 30.3. The predicted molar refractivity (Wildman–Crippen MR) is 130 cm³/mol. The van der Waals surface area contributed by atoms with Crippen LogP contribution in [0.25, 0.3) is 10.6 Å². The number of fused-ring (bicyclic) bond motifs is 1. The summed E-state index contributed by atoms with van der Waals surface area (Å²) in [5, 5.41) is 10.0. The molecule has 2 aromatic heterocycles. The van der Waals surface area contributed by atoms with Crippen LogP contribution in [0.1, 0.15) is 61.5 Å². The van der Waals surface area contributed by atoms with Crippen molar-refractivity contribution >= 4 is 23.2 Å². The smallest absolute Gasteiger partial charge is 0.273 e. The number of carbonyl (C=O) groups is 2. The van der Waals surface area contributed by atoms with Gasteiger partial charge in [-0.3, -0.25) is 14.3 Å². The summed E-state index contributed by atoms with van der Waals surface area (Å²) in [7, 11) is 0. The van der Waals surface area contributed by atoms with E-state index in [4.69, 9.17) is 5.10 Å². The molecule has 1 N–H and O–H groups in total. The SMILES string of the molecule is C[C@]1(C(=O)NC2CCCCCC2)Cn2nc(-c3cccs3)cc2C(=O)N1Cc1ccccc1. The van der Waals surface area contributed by atoms with Crippen molar-refractivity contribution in [1.29, 1.82) is 0 Å². The Morgan fingerprint density at radius 2 is 1.88 bits per heavy atom. The zero-order valence-corrected chi connectivity index (χ0v) is 19.8. The van der Waals surface area contributed by atoms with Gasteiger partial charge >= 0.3 is 0 Å². The van der Waals surface area contributed by atoms with Crippen LogP contribution in [0.3, 0.4) is 0 Å². The zero-order valence-electron chi connectivity index (χ0n) is 19.0. The van der Waals surface area contributed by atoms with Gasteiger partial charge in [0.05, 0.1) is 11.4 Å². The molecule has 1 atom stereocenters. The molecule has 3 aromatic rings. The van der Waals surface area contributed by atoms with Gasteiger partial charge in [-0.15, -0.1) is 11.3 Å². The molecule has 7 heteroatoms. The van der Waals surface area contributed by atoms with E-state index in [2.05, 4.69) is 5.32 Å². The average Bonchev–Trinajstić information content (AvgIpc) is 3.43. The highest BCUT2D eigenvalue weighted by Crippen LogP contribution is 2.33. The monoisotopic (exact) mass is 462 g/mol. The van der Waals surface area contributed by atoms with Gasteiger partial charge in [-0.1, -0.05) is 62.1 Å². The molecular formula is C26H30N4O2S. The molecule has 5 rings (SSSR count). The Balaban J connectivity index is 1.49. The number of hydrogen-bond donors (Lipinski definition) is 1. The highest BCUT2D eigenvalue weighted by molar-refractivity contribution is 7.13. The van der Waals surface area contributed by atoms with Crippen LogP contribution in [0.5, 0.6) is 0 Å². The molecule has 6 nitrogen and oxygen atoms in total. The number of carbonyl (C=O) groups excluding carboxylic acids is 2. The van der Waals surface area contributed by atoms with Gasteiger partial charge in [0, 0.05) is 12.6 Å². The topological polar surface area (TPSA) is 67.2 Å². The number of hydrogen-bond acceptors (Lipinski definition) is 4. The molecular weight excluding hydrogens is 432 g/mol. The molecule has 0 radical (unpaired) electrons. The van der Waals surface area contributed by atoms with E-state index in [1.165, 1.54) is 12.8 Å². The van der Waals surface area contributed by atoms with Gasteiger partial charge in [-0.2, -0.15) is 5.10 Å². The van der Waals surface area contributed by atoms with E-state index in [9.17, 15) is 9.59 Å². The van der Waals surface area contributed by atoms with Crippen molar-refractivity contribution in [2.45, 2.75) is 70.1 Å². The summed E-state index contributed by atoms with van der Waals surface area (Å²) in [5.74, 6) is -0.239. The molecule has 2 amide bonds. The van der Waals surface area contributed by atoms with Crippen LogP contribution in [0.4, 0.5) is 0 Å². The molecule has 3 heterocycles. The fourth-order valence-electron chi connectivity index (χ4n) is 4.96. The van der Waals surface area contributed by atoms with Crippen molar-refractivity contribution in [2.24, 2.45) is 0 Å². The summed E-state index contributed by atoms with van der Waals surface area (Å²) < 4.78 is 1.73. The summed E-state index contributed by atoms with van der Waals surface area (Å²) in [5.41, 5.74) is 1.30. The summed E-state index contributed by atoms with van der Waals surface area (Å²) in [6.45, 7) is 2.61. The first-order valence-electron chi connectivity index (χ1n) is 11.8. The Morgan fingerprint density at radius 3 is 2.58 bits per heavy atom. The summed E-state index contributed by atoms with van der Waals surface area (Å²) in [6, 6.07) is 15.9. The van der Waals surface area contributed by atoms with Crippen molar-refractivity contribution in [2.75, 3.05) is 0 Å². The molecule has 1 aliphatic heterocycles. The molecule has 0 spiro atoms. The van der Waals surface area contributed by atoms with Gasteiger partial charge < -0.3 is 10.2 Å². The molecule has 0 bridgehead atoms. The Kier molecular flexibility index (Phi) is 6.06. The average molecular weight is 463 g/mol. The molecule has 172 valence electrons. The quantitative estimate of drug-likeness (QED) is 0.551. The van der Waals surface area contributed by atoms with Crippen LogP contribution in [0.2, 0.25) is 0 Å². The van der Waals surface area contributed by atoms with Gasteiger partial charge in [0.1, 0.15) is 16.9 Å². The Bertz CT molecular complexity index is 1120. The third-order valence-corrected chi connectivity index (χ3v) is 7.83. The maximum absolute atomic E-state index is 13.8. The molecule has 1 fully saturated rings. The second-order valence-corrected chi connectivity index (χ2v) is 10.3. The zero-order chi connectivity index (χ0) is 22.8. The lowest BCUT2D eigenvalue weighted by Gasteiger charge is -2.44. The largest absolute Gasteiger partial charge is 0.351 e. The minimum Gasteiger partial charge on any atom is -0.351 e. The first-order valence-corrected chi connectivity index (χ1v) is 12.7. The van der Waals surface area contributed by atoms with Gasteiger partial charge in [-0.25, -0.2) is 0 Å². The lowest BCUT2D eigenvalue weighted by Crippen LogP contribution is -2.64. The number of thiophene rings is 1. The molecule has 33 heavy (non-hydrogen) atoms. The van der Waals surface area contributed by atoms with Crippen LogP contribution >= 0.6 is 11.3 Å². The van der Waals surface area contributed by atoms with Crippen molar-refractivity contribution < 1.29 is 9.59 Å². The van der Waals surface area contributed by atoms with Crippen molar-refractivity contribution in [3.05, 3.63) is 65.2 Å². The van der Waals surface area contributed by atoms with Gasteiger partial charge in [0.25, 0.3) is 5.91 Å². The predicted octanol–water partition coefficient (Wildman–Crippen LogP) is 4.87. The third-order valence-electron chi connectivity index (χ3n) is 6.93. The minimum atomic E-state index is -1.02. The first kappa shape index (κ1) is 21.9. The Hall–Kier alpha value is -2.93. The standard InChI is InChI=1S/C26H30N4O2S/c1-26(25(32)27-20-12-7-2-3-8-13-20)18-30-22(16-21(28-30)23-14-9-15-33-23)24(31)29(26)17-19-10-5-4-6-11-19/h4-6,9-11,14-16,20H,2-3,7-8,12-13,17-18H2,1H3,(H,27,32)/t26-/m1/s1. The van der Waals surface area contributed by atoms with Gasteiger partial charge in [0.2, 0.25) is 5.91 Å². The van der Waals surface area contributed by atoms with Crippen molar-refractivity contribution in [3.63, 3.8) is 0 Å². The number of nitrogens with one attached hydrogen (secondary N) is 1. The van der Waals surface area contributed by atoms with E-state index in [1.54, 1.807) is 20.9 Å². The number of aromatic nitrogens is 2. The third kappa shape index (κ3) is 4.34. The highest BCUT2D eigenvalue weighted by atomic mass is 32.1. The van der Waals surface area contributed by atoms with E-state index in [0.717, 1.165) is 41.8 Å². The molecule has 0 unspecified atom stereocenters. The van der Waals surface area contributed by atoms with Gasteiger partial charge in [0.15, 0.2) is 0 Å². The fourth-order valence-corrected chi connectivity index (χ4v) is 5.65. The number of benzene rings is 1. The second-order valence-electron chi connectivity index (χ2n) is 9.36. The number of nitrogens with zero attached hydrogens (tertiary/aromatic N) is 3. The van der Waals surface area contributed by atoms with Crippen LogP contribution in [0.15, 0.2) is 53.9 Å². The van der Waals surface area contributed by atoms with E-state index >= 15 is 0 Å². The molecule has 0 saturated heterocycles. The lowest BCUT2D eigenvalue weighted by molar-refractivity contribution is -0.134. The second kappa shape index (κ2) is 9.14. The van der Waals surface area contributed by atoms with E-state index in [0.29, 0.717) is 18.8 Å². The number of amides is 2. The van der Waals surface area contributed by atoms with Crippen LogP contribution < -0.4 is 5.32 Å². The summed E-state index contributed by atoms with van der Waals surface area (Å²) in [6.07, 6.45) is 6.74. The highest BCUT2D eigenvalue weighted by Gasteiger charge is 2.48. The van der Waals surface area contributed by atoms with E-state index < -0.39 is 5.54 Å². The van der Waals surface area contributed by atoms with E-state index in [-0.39, 0.29) is 17.9 Å². The lowest BCUT2D eigenvalue weighted by atomic mass is 9.93. The number of rotatable bonds is 5. The molecule has 2 aliphatic rings. The first-order chi connectivity index (χ1) is 16.0. The molecule has 1 aromatic carbocycles. The normalized spacial score (nSPS) is 21.5. The van der Waals surface area contributed by atoms with Crippen LogP contribution in [-0.2, 0) is 17.9 Å². The van der Waals surface area contributed by atoms with Crippen LogP contribution in [-0.4, -0.2) is 38.1 Å². The summed E-state index contributed by atoms with van der Waals surface area (Å²) >= 11 is 1.60. The molecule has 1 saturated carbocycles. The maximum Gasteiger partial charge on any atom is 0.273 e. The van der Waals surface area contributed by atoms with E-state index in [1.807, 2.05) is 60.8 Å². The van der Waals surface area contributed by atoms with Gasteiger partial charge in [-0.05, 0) is 42.8 Å². The molecule has 1 aliphatic carbocycles. The Morgan fingerprint density at radius 1 is 1.12 bits per heavy atom. The van der Waals surface area contributed by atoms with Crippen molar-refractivity contribution in [3.8, 4) is 10.6 Å².